The summed E-state index contributed by atoms with van der Waals surface area (Å²) in [6.45, 7) is 4.56. The number of benzene rings is 2. The lowest BCUT2D eigenvalue weighted by atomic mass is 10.1. The highest BCUT2D eigenvalue weighted by Gasteiger charge is 2.15. The molecule has 21 heavy (non-hydrogen) atoms. The fourth-order valence-corrected chi connectivity index (χ4v) is 5.32. The molecule has 0 aliphatic carbocycles. The van der Waals surface area contributed by atoms with E-state index in [4.69, 9.17) is 0 Å². The van der Waals surface area contributed by atoms with E-state index in [0.29, 0.717) is 5.92 Å². The van der Waals surface area contributed by atoms with Crippen LogP contribution in [0.5, 0.6) is 0 Å². The van der Waals surface area contributed by atoms with E-state index < -0.39 is 7.92 Å². The van der Waals surface area contributed by atoms with Crippen LogP contribution in [0.4, 0.5) is 0 Å². The Morgan fingerprint density at radius 2 is 1.24 bits per heavy atom. The van der Waals surface area contributed by atoms with Gasteiger partial charge in [-0.05, 0) is 18.5 Å². The summed E-state index contributed by atoms with van der Waals surface area (Å²) in [6, 6.07) is 28.6. The fourth-order valence-electron chi connectivity index (χ4n) is 2.70. The summed E-state index contributed by atoms with van der Waals surface area (Å²) >= 11 is 0. The van der Waals surface area contributed by atoms with Crippen molar-refractivity contribution in [1.29, 1.82) is 0 Å². The molecule has 0 aliphatic heterocycles. The molecule has 3 aromatic rings. The molecule has 1 heteroatoms. The molecule has 0 nitrogen and oxygen atoms in total. The average Bonchev–Trinajstić information content (AvgIpc) is 2.99. The topological polar surface area (TPSA) is 0 Å². The van der Waals surface area contributed by atoms with Gasteiger partial charge in [0.2, 0.25) is 0 Å². The summed E-state index contributed by atoms with van der Waals surface area (Å²) in [6.07, 6.45) is 0. The van der Waals surface area contributed by atoms with Gasteiger partial charge in [0, 0.05) is 0 Å². The van der Waals surface area contributed by atoms with Gasteiger partial charge < -0.3 is 0 Å². The zero-order chi connectivity index (χ0) is 14.7. The fraction of sp³-hybridized carbons (Fsp3) is 0.150. The van der Waals surface area contributed by atoms with E-state index >= 15 is 0 Å². The zero-order valence-corrected chi connectivity index (χ0v) is 13.4. The van der Waals surface area contributed by atoms with Crippen LogP contribution in [-0.2, 0) is 0 Å². The molecule has 0 bridgehead atoms. The van der Waals surface area contributed by atoms with E-state index in [9.17, 15) is 0 Å². The van der Waals surface area contributed by atoms with Gasteiger partial charge in [0.25, 0.3) is 0 Å². The summed E-state index contributed by atoms with van der Waals surface area (Å²) in [4.78, 5) is 0. The molecule has 0 spiro atoms. The van der Waals surface area contributed by atoms with Crippen molar-refractivity contribution in [1.82, 2.24) is 0 Å². The standard InChI is InChI=1S/C20H20P/c1-16(2)19-14-9-15-20(19)21(17-10-5-3-6-11-17)18-12-7-4-8-13-18/h3-16H,1-2H3/q-1. The van der Waals surface area contributed by atoms with Crippen molar-refractivity contribution in [3.63, 3.8) is 0 Å². The lowest BCUT2D eigenvalue weighted by Crippen LogP contribution is -2.22. The van der Waals surface area contributed by atoms with Crippen LogP contribution in [-0.4, -0.2) is 0 Å². The molecule has 0 saturated heterocycles. The number of hydrogen-bond acceptors (Lipinski definition) is 0. The van der Waals surface area contributed by atoms with Gasteiger partial charge in [-0.1, -0.05) is 80.4 Å². The molecular formula is C20H20P-. The quantitative estimate of drug-likeness (QED) is 0.497. The maximum atomic E-state index is 2.31. The lowest BCUT2D eigenvalue weighted by molar-refractivity contribution is 0.877. The Morgan fingerprint density at radius 3 is 1.71 bits per heavy atom. The minimum Gasteiger partial charge on any atom is -0.213 e. The number of hydrogen-bond donors (Lipinski definition) is 0. The first-order valence-corrected chi connectivity index (χ1v) is 8.77. The van der Waals surface area contributed by atoms with Gasteiger partial charge in [0.05, 0.1) is 0 Å². The molecule has 106 valence electrons. The average molecular weight is 291 g/mol. The lowest BCUT2D eigenvalue weighted by Gasteiger charge is -2.26. The molecule has 0 atom stereocenters. The van der Waals surface area contributed by atoms with Crippen molar-refractivity contribution in [2.75, 3.05) is 0 Å². The van der Waals surface area contributed by atoms with Crippen LogP contribution >= 0.6 is 7.92 Å². The Balaban J connectivity index is 2.15. The van der Waals surface area contributed by atoms with Crippen LogP contribution in [0.25, 0.3) is 0 Å². The van der Waals surface area contributed by atoms with Gasteiger partial charge in [-0.2, -0.15) is 6.07 Å². The molecule has 0 saturated carbocycles. The second-order valence-corrected chi connectivity index (χ2v) is 7.71. The molecule has 0 aliphatic rings. The predicted octanol–water partition coefficient (Wildman–Crippen LogP) is 4.29. The molecular weight excluding hydrogens is 271 g/mol. The Labute approximate surface area is 128 Å². The molecule has 0 unspecified atom stereocenters. The van der Waals surface area contributed by atoms with Crippen molar-refractivity contribution in [2.45, 2.75) is 19.8 Å². The normalized spacial score (nSPS) is 11.2. The van der Waals surface area contributed by atoms with E-state index in [1.807, 2.05) is 0 Å². The molecule has 3 rings (SSSR count). The van der Waals surface area contributed by atoms with Crippen LogP contribution < -0.4 is 15.9 Å². The summed E-state index contributed by atoms with van der Waals surface area (Å²) in [7, 11) is -0.462. The Morgan fingerprint density at radius 1 is 0.714 bits per heavy atom. The van der Waals surface area contributed by atoms with Crippen LogP contribution in [0.2, 0.25) is 0 Å². The minimum atomic E-state index is -0.462. The van der Waals surface area contributed by atoms with E-state index in [-0.39, 0.29) is 0 Å². The van der Waals surface area contributed by atoms with Gasteiger partial charge in [0.15, 0.2) is 0 Å². The third-order valence-corrected chi connectivity index (χ3v) is 6.24. The summed E-state index contributed by atoms with van der Waals surface area (Å²) < 4.78 is 0. The second-order valence-electron chi connectivity index (χ2n) is 5.53. The zero-order valence-electron chi connectivity index (χ0n) is 12.5. The Hall–Kier alpha value is -1.78. The van der Waals surface area contributed by atoms with Gasteiger partial charge in [-0.3, -0.25) is 0 Å². The SMILES string of the molecule is CC(C)[c-]1cccc1P(c1ccccc1)c1ccccc1. The van der Waals surface area contributed by atoms with Crippen LogP contribution in [0.3, 0.4) is 0 Å². The van der Waals surface area contributed by atoms with E-state index in [0.717, 1.165) is 0 Å². The van der Waals surface area contributed by atoms with Crippen LogP contribution in [0, 0.1) is 0 Å². The molecule has 0 N–H and O–H groups in total. The maximum Gasteiger partial charge on any atom is -0.0171 e. The Bertz CT molecular complexity index is 641. The van der Waals surface area contributed by atoms with Crippen LogP contribution in [0.15, 0.2) is 78.9 Å². The van der Waals surface area contributed by atoms with Crippen LogP contribution in [0.1, 0.15) is 25.3 Å². The number of rotatable bonds is 4. The van der Waals surface area contributed by atoms with E-state index in [1.54, 1.807) is 0 Å². The maximum absolute atomic E-state index is 2.31. The second kappa shape index (κ2) is 6.33. The molecule has 0 fully saturated rings. The predicted molar refractivity (Wildman–Crippen MR) is 94.8 cm³/mol. The summed E-state index contributed by atoms with van der Waals surface area (Å²) in [5.74, 6) is 0.562. The van der Waals surface area contributed by atoms with Crippen molar-refractivity contribution in [2.24, 2.45) is 0 Å². The van der Waals surface area contributed by atoms with Gasteiger partial charge >= 0.3 is 0 Å². The van der Waals surface area contributed by atoms with E-state index in [1.165, 1.54) is 21.5 Å². The third kappa shape index (κ3) is 2.96. The van der Waals surface area contributed by atoms with Crippen molar-refractivity contribution >= 4 is 23.8 Å². The summed E-state index contributed by atoms with van der Waals surface area (Å²) in [5.41, 5.74) is 1.48. The molecule has 3 aromatic carbocycles. The summed E-state index contributed by atoms with van der Waals surface area (Å²) in [5, 5.41) is 4.34. The van der Waals surface area contributed by atoms with Gasteiger partial charge in [0.1, 0.15) is 0 Å². The highest BCUT2D eigenvalue weighted by Crippen LogP contribution is 2.36. The van der Waals surface area contributed by atoms with E-state index in [2.05, 4.69) is 92.7 Å². The van der Waals surface area contributed by atoms with Crippen molar-refractivity contribution in [3.05, 3.63) is 84.4 Å². The molecule has 0 heterocycles. The molecule has 0 radical (unpaired) electrons. The monoisotopic (exact) mass is 291 g/mol. The van der Waals surface area contributed by atoms with Crippen molar-refractivity contribution < 1.29 is 0 Å². The smallest absolute Gasteiger partial charge is 0.0171 e. The molecule has 0 aromatic heterocycles. The first-order valence-electron chi connectivity index (χ1n) is 7.43. The largest absolute Gasteiger partial charge is 0.213 e. The Kier molecular flexibility index (Phi) is 4.27. The van der Waals surface area contributed by atoms with Crippen molar-refractivity contribution in [3.8, 4) is 0 Å². The molecule has 0 amide bonds. The first kappa shape index (κ1) is 14.2. The third-order valence-electron chi connectivity index (χ3n) is 3.72. The first-order chi connectivity index (χ1) is 10.3. The highest BCUT2D eigenvalue weighted by molar-refractivity contribution is 7.79. The highest BCUT2D eigenvalue weighted by atomic mass is 31.1. The van der Waals surface area contributed by atoms with Gasteiger partial charge in [-0.15, -0.1) is 10.9 Å². The van der Waals surface area contributed by atoms with Gasteiger partial charge in [-0.25, -0.2) is 12.1 Å². The minimum absolute atomic E-state index is 0.462.